The minimum Gasteiger partial charge on any atom is -0.269 e. The summed E-state index contributed by atoms with van der Waals surface area (Å²) in [6.45, 7) is 1.92. The molecule has 1 aliphatic heterocycles. The fourth-order valence-electron chi connectivity index (χ4n) is 2.07. The van der Waals surface area contributed by atoms with Gasteiger partial charge in [0.15, 0.2) is 0 Å². The molecule has 1 aromatic carbocycles. The molecule has 14 heavy (non-hydrogen) atoms. The van der Waals surface area contributed by atoms with Crippen molar-refractivity contribution in [2.45, 2.75) is 18.8 Å². The minimum absolute atomic E-state index is 0.502. The Morgan fingerprint density at radius 2 is 2.14 bits per heavy atom. The van der Waals surface area contributed by atoms with Gasteiger partial charge in [0, 0.05) is 18.1 Å². The molecular weight excluding hydrogens is 196 g/mol. The molecule has 0 saturated carbocycles. The predicted octanol–water partition coefficient (Wildman–Crippen LogP) is 2.39. The minimum atomic E-state index is 0.502. The summed E-state index contributed by atoms with van der Waals surface area (Å²) in [6, 6.07) is 8.06. The van der Waals surface area contributed by atoms with E-state index in [4.69, 9.17) is 17.4 Å². The highest BCUT2D eigenvalue weighted by Gasteiger charge is 2.20. The molecule has 1 aliphatic rings. The van der Waals surface area contributed by atoms with Gasteiger partial charge in [-0.3, -0.25) is 5.84 Å². The third-order valence-electron chi connectivity index (χ3n) is 2.80. The molecule has 1 fully saturated rings. The van der Waals surface area contributed by atoms with Crippen molar-refractivity contribution < 1.29 is 0 Å². The lowest BCUT2D eigenvalue weighted by atomic mass is 9.91. The summed E-state index contributed by atoms with van der Waals surface area (Å²) in [5.74, 6) is 6.31. The van der Waals surface area contributed by atoms with E-state index >= 15 is 0 Å². The number of benzene rings is 1. The molecule has 1 aromatic rings. The van der Waals surface area contributed by atoms with E-state index in [1.54, 1.807) is 0 Å². The molecule has 0 bridgehead atoms. The predicted molar refractivity (Wildman–Crippen MR) is 59.2 cm³/mol. The second-order valence-electron chi connectivity index (χ2n) is 3.86. The van der Waals surface area contributed by atoms with Crippen molar-refractivity contribution in [2.24, 2.45) is 5.84 Å². The van der Waals surface area contributed by atoms with Crippen LogP contribution in [-0.2, 0) is 0 Å². The van der Waals surface area contributed by atoms with Crippen LogP contribution in [-0.4, -0.2) is 18.1 Å². The van der Waals surface area contributed by atoms with Gasteiger partial charge in [-0.1, -0.05) is 29.8 Å². The lowest BCUT2D eigenvalue weighted by Crippen LogP contribution is -2.39. The molecule has 1 unspecified atom stereocenters. The van der Waals surface area contributed by atoms with Crippen molar-refractivity contribution in [1.82, 2.24) is 5.01 Å². The molecule has 0 aromatic heterocycles. The molecule has 0 radical (unpaired) electrons. The number of nitrogens with zero attached hydrogens (tertiary/aromatic N) is 1. The van der Waals surface area contributed by atoms with Gasteiger partial charge >= 0.3 is 0 Å². The zero-order chi connectivity index (χ0) is 9.97. The highest BCUT2D eigenvalue weighted by molar-refractivity contribution is 6.31. The molecule has 0 aliphatic carbocycles. The van der Waals surface area contributed by atoms with E-state index in [1.165, 1.54) is 12.0 Å². The molecule has 1 heterocycles. The summed E-state index contributed by atoms with van der Waals surface area (Å²) >= 11 is 6.15. The van der Waals surface area contributed by atoms with E-state index in [-0.39, 0.29) is 0 Å². The standard InChI is InChI=1S/C11H15ClN2/c12-11-6-2-1-5-10(11)9-4-3-7-14(13)8-9/h1-2,5-6,9H,3-4,7-8,13H2. The fourth-order valence-corrected chi connectivity index (χ4v) is 2.36. The van der Waals surface area contributed by atoms with Crippen LogP contribution in [0.4, 0.5) is 0 Å². The summed E-state index contributed by atoms with van der Waals surface area (Å²) in [7, 11) is 0. The maximum atomic E-state index is 6.15. The van der Waals surface area contributed by atoms with Gasteiger partial charge in [-0.15, -0.1) is 0 Å². The van der Waals surface area contributed by atoms with Crippen LogP contribution in [0, 0.1) is 0 Å². The van der Waals surface area contributed by atoms with Crippen molar-refractivity contribution >= 4 is 11.6 Å². The molecule has 0 spiro atoms. The third kappa shape index (κ3) is 2.08. The quantitative estimate of drug-likeness (QED) is 0.722. The van der Waals surface area contributed by atoms with Crippen LogP contribution in [0.2, 0.25) is 5.02 Å². The number of halogens is 1. The number of hydrogen-bond acceptors (Lipinski definition) is 2. The van der Waals surface area contributed by atoms with Crippen molar-refractivity contribution in [2.75, 3.05) is 13.1 Å². The highest BCUT2D eigenvalue weighted by atomic mass is 35.5. The summed E-state index contributed by atoms with van der Waals surface area (Å²) in [5, 5.41) is 2.75. The van der Waals surface area contributed by atoms with Gasteiger partial charge in [0.2, 0.25) is 0 Å². The lowest BCUT2D eigenvalue weighted by molar-refractivity contribution is 0.213. The normalized spacial score (nSPS) is 23.7. The summed E-state index contributed by atoms with van der Waals surface area (Å²) < 4.78 is 0. The van der Waals surface area contributed by atoms with Crippen LogP contribution in [0.3, 0.4) is 0 Å². The molecule has 76 valence electrons. The summed E-state index contributed by atoms with van der Waals surface area (Å²) in [6.07, 6.45) is 2.35. The maximum Gasteiger partial charge on any atom is 0.0441 e. The number of hydrogen-bond donors (Lipinski definition) is 1. The molecule has 2 rings (SSSR count). The van der Waals surface area contributed by atoms with Crippen molar-refractivity contribution in [1.29, 1.82) is 0 Å². The van der Waals surface area contributed by atoms with E-state index in [0.29, 0.717) is 5.92 Å². The lowest BCUT2D eigenvalue weighted by Gasteiger charge is -2.29. The van der Waals surface area contributed by atoms with Crippen molar-refractivity contribution in [3.05, 3.63) is 34.9 Å². The molecule has 1 saturated heterocycles. The summed E-state index contributed by atoms with van der Waals surface area (Å²) in [4.78, 5) is 0. The molecular formula is C11H15ClN2. The van der Waals surface area contributed by atoms with Crippen LogP contribution in [0.1, 0.15) is 24.3 Å². The molecule has 3 heteroatoms. The Bertz CT molecular complexity index is 314. The fraction of sp³-hybridized carbons (Fsp3) is 0.455. The van der Waals surface area contributed by atoms with Gasteiger partial charge in [-0.25, -0.2) is 5.01 Å². The number of rotatable bonds is 1. The first-order valence-electron chi connectivity index (χ1n) is 5.01. The second kappa shape index (κ2) is 4.30. The Morgan fingerprint density at radius 1 is 1.36 bits per heavy atom. The Hall–Kier alpha value is -0.570. The molecule has 1 atom stereocenters. The SMILES string of the molecule is NN1CCCC(c2ccccc2Cl)C1. The van der Waals surface area contributed by atoms with Crippen molar-refractivity contribution in [3.8, 4) is 0 Å². The van der Waals surface area contributed by atoms with Gasteiger partial charge in [-0.2, -0.15) is 0 Å². The Morgan fingerprint density at radius 3 is 2.86 bits per heavy atom. The first-order valence-corrected chi connectivity index (χ1v) is 5.39. The van der Waals surface area contributed by atoms with Crippen LogP contribution >= 0.6 is 11.6 Å². The Balaban J connectivity index is 2.18. The first-order chi connectivity index (χ1) is 6.77. The van der Waals surface area contributed by atoms with Gasteiger partial charge in [-0.05, 0) is 30.4 Å². The first kappa shape index (κ1) is 9.97. The molecule has 0 amide bonds. The van der Waals surface area contributed by atoms with Crippen LogP contribution in [0.5, 0.6) is 0 Å². The highest BCUT2D eigenvalue weighted by Crippen LogP contribution is 2.30. The van der Waals surface area contributed by atoms with Crippen LogP contribution < -0.4 is 5.84 Å². The second-order valence-corrected chi connectivity index (χ2v) is 4.26. The van der Waals surface area contributed by atoms with E-state index in [0.717, 1.165) is 24.5 Å². The smallest absolute Gasteiger partial charge is 0.0441 e. The third-order valence-corrected chi connectivity index (χ3v) is 3.14. The average molecular weight is 211 g/mol. The van der Waals surface area contributed by atoms with Crippen LogP contribution in [0.25, 0.3) is 0 Å². The summed E-state index contributed by atoms with van der Waals surface area (Å²) in [5.41, 5.74) is 1.24. The monoisotopic (exact) mass is 210 g/mol. The van der Waals surface area contributed by atoms with Crippen molar-refractivity contribution in [3.63, 3.8) is 0 Å². The van der Waals surface area contributed by atoms with E-state index < -0.39 is 0 Å². The van der Waals surface area contributed by atoms with E-state index in [1.807, 2.05) is 23.2 Å². The van der Waals surface area contributed by atoms with Gasteiger partial charge in [0.1, 0.15) is 0 Å². The topological polar surface area (TPSA) is 29.3 Å². The van der Waals surface area contributed by atoms with Gasteiger partial charge in [0.25, 0.3) is 0 Å². The average Bonchev–Trinajstić information content (AvgIpc) is 2.18. The largest absolute Gasteiger partial charge is 0.269 e. The zero-order valence-corrected chi connectivity index (χ0v) is 8.87. The number of nitrogens with two attached hydrogens (primary N) is 1. The maximum absolute atomic E-state index is 6.15. The van der Waals surface area contributed by atoms with E-state index in [9.17, 15) is 0 Å². The van der Waals surface area contributed by atoms with Crippen LogP contribution in [0.15, 0.2) is 24.3 Å². The van der Waals surface area contributed by atoms with Gasteiger partial charge < -0.3 is 0 Å². The molecule has 2 nitrogen and oxygen atoms in total. The number of piperidine rings is 1. The molecule has 2 N–H and O–H groups in total. The zero-order valence-electron chi connectivity index (χ0n) is 8.12. The Kier molecular flexibility index (Phi) is 3.06. The van der Waals surface area contributed by atoms with E-state index in [2.05, 4.69) is 6.07 Å². The Labute approximate surface area is 89.6 Å². The number of hydrazine groups is 1. The van der Waals surface area contributed by atoms with Gasteiger partial charge in [0.05, 0.1) is 0 Å².